The molecule has 0 saturated carbocycles. The van der Waals surface area contributed by atoms with E-state index in [1.54, 1.807) is 0 Å². The van der Waals surface area contributed by atoms with Gasteiger partial charge in [-0.05, 0) is 13.0 Å². The van der Waals surface area contributed by atoms with Crippen molar-refractivity contribution >= 4 is 0 Å². The van der Waals surface area contributed by atoms with Crippen LogP contribution in [0.3, 0.4) is 0 Å². The number of unbranched alkanes of at least 4 members (excludes halogenated alkanes) is 4. The van der Waals surface area contributed by atoms with Crippen molar-refractivity contribution in [3.8, 4) is 0 Å². The van der Waals surface area contributed by atoms with Gasteiger partial charge in [0.1, 0.15) is 5.60 Å². The molecule has 0 aromatic rings. The van der Waals surface area contributed by atoms with Crippen molar-refractivity contribution < 1.29 is 9.84 Å². The zero-order chi connectivity index (χ0) is 11.0. The summed E-state index contributed by atoms with van der Waals surface area (Å²) in [6.45, 7) is 5.13. The summed E-state index contributed by atoms with van der Waals surface area (Å²) in [5.74, 6) is 0. The first kappa shape index (κ1) is 12.9. The molecule has 0 spiro atoms. The van der Waals surface area contributed by atoms with Gasteiger partial charge in [0.05, 0.1) is 6.61 Å². The lowest BCUT2D eigenvalue weighted by atomic mass is 10.0. The van der Waals surface area contributed by atoms with Gasteiger partial charge in [-0.2, -0.15) is 0 Å². The molecule has 0 aliphatic carbocycles. The van der Waals surface area contributed by atoms with Crippen LogP contribution in [0.15, 0.2) is 0 Å². The topological polar surface area (TPSA) is 41.5 Å². The van der Waals surface area contributed by atoms with E-state index in [2.05, 4.69) is 12.2 Å². The third kappa shape index (κ3) is 5.50. The molecule has 1 saturated heterocycles. The van der Waals surface area contributed by atoms with Crippen molar-refractivity contribution in [2.24, 2.45) is 0 Å². The Morgan fingerprint density at radius 3 is 2.73 bits per heavy atom. The van der Waals surface area contributed by atoms with Crippen LogP contribution in [0.25, 0.3) is 0 Å². The van der Waals surface area contributed by atoms with Gasteiger partial charge in [-0.15, -0.1) is 0 Å². The third-order valence-corrected chi connectivity index (χ3v) is 2.99. The summed E-state index contributed by atoms with van der Waals surface area (Å²) >= 11 is 0. The first-order chi connectivity index (χ1) is 7.27. The van der Waals surface area contributed by atoms with Gasteiger partial charge in [-0.25, -0.2) is 0 Å². The van der Waals surface area contributed by atoms with Crippen LogP contribution in [-0.4, -0.2) is 37.0 Å². The summed E-state index contributed by atoms with van der Waals surface area (Å²) in [7, 11) is 0. The summed E-state index contributed by atoms with van der Waals surface area (Å²) in [5, 5.41) is 13.3. The van der Waals surface area contributed by atoms with Gasteiger partial charge in [-0.1, -0.05) is 32.6 Å². The molecular formula is C12H25NO2. The van der Waals surface area contributed by atoms with Crippen molar-refractivity contribution in [3.63, 3.8) is 0 Å². The summed E-state index contributed by atoms with van der Waals surface area (Å²) in [6.07, 6.45) is 7.27. The highest BCUT2D eigenvalue weighted by molar-refractivity contribution is 4.84. The molecule has 0 amide bonds. The molecule has 1 atom stereocenters. The molecule has 90 valence electrons. The van der Waals surface area contributed by atoms with Gasteiger partial charge in [-0.3, -0.25) is 0 Å². The Labute approximate surface area is 93.2 Å². The van der Waals surface area contributed by atoms with E-state index >= 15 is 0 Å². The molecular weight excluding hydrogens is 190 g/mol. The molecule has 0 aromatic heterocycles. The van der Waals surface area contributed by atoms with E-state index in [1.165, 1.54) is 32.1 Å². The van der Waals surface area contributed by atoms with E-state index < -0.39 is 5.60 Å². The predicted octanol–water partition coefficient (Wildman–Crippen LogP) is 1.70. The first-order valence-electron chi connectivity index (χ1n) is 6.28. The van der Waals surface area contributed by atoms with E-state index in [0.29, 0.717) is 19.8 Å². The second-order valence-electron chi connectivity index (χ2n) is 4.62. The van der Waals surface area contributed by atoms with Gasteiger partial charge in [0, 0.05) is 19.6 Å². The first-order valence-corrected chi connectivity index (χ1v) is 6.28. The van der Waals surface area contributed by atoms with Gasteiger partial charge in [0.25, 0.3) is 0 Å². The fourth-order valence-electron chi connectivity index (χ4n) is 1.91. The summed E-state index contributed by atoms with van der Waals surface area (Å²) in [4.78, 5) is 0. The standard InChI is InChI=1S/C12H25NO2/c1-2-3-4-5-6-8-13-10-12(14)7-9-15-11-12/h13-14H,2-11H2,1H3. The van der Waals surface area contributed by atoms with Gasteiger partial charge in [0.2, 0.25) is 0 Å². The minimum absolute atomic E-state index is 0.496. The molecule has 1 heterocycles. The minimum atomic E-state index is -0.594. The normalized spacial score (nSPS) is 26.0. The minimum Gasteiger partial charge on any atom is -0.386 e. The van der Waals surface area contributed by atoms with E-state index in [1.807, 2.05) is 0 Å². The summed E-state index contributed by atoms with van der Waals surface area (Å²) in [6, 6.07) is 0. The lowest BCUT2D eigenvalue weighted by Crippen LogP contribution is -2.41. The molecule has 1 unspecified atom stereocenters. The Morgan fingerprint density at radius 2 is 2.07 bits per heavy atom. The average Bonchev–Trinajstić information content (AvgIpc) is 2.64. The van der Waals surface area contributed by atoms with Crippen LogP contribution in [0.1, 0.15) is 45.4 Å². The van der Waals surface area contributed by atoms with Crippen molar-refractivity contribution in [3.05, 3.63) is 0 Å². The SMILES string of the molecule is CCCCCCCNCC1(O)CCOC1. The number of hydrogen-bond acceptors (Lipinski definition) is 3. The van der Waals surface area contributed by atoms with Gasteiger partial charge >= 0.3 is 0 Å². The van der Waals surface area contributed by atoms with Crippen LogP contribution in [-0.2, 0) is 4.74 Å². The predicted molar refractivity (Wildman–Crippen MR) is 62.0 cm³/mol. The van der Waals surface area contributed by atoms with Crippen molar-refractivity contribution in [2.45, 2.75) is 51.0 Å². The lowest BCUT2D eigenvalue weighted by Gasteiger charge is -2.20. The molecule has 1 aliphatic rings. The molecule has 1 fully saturated rings. The average molecular weight is 215 g/mol. The van der Waals surface area contributed by atoms with Crippen molar-refractivity contribution in [2.75, 3.05) is 26.3 Å². The number of nitrogens with one attached hydrogen (secondary N) is 1. The Kier molecular flexibility index (Phi) is 6.22. The van der Waals surface area contributed by atoms with Gasteiger partial charge in [0.15, 0.2) is 0 Å². The molecule has 0 radical (unpaired) electrons. The van der Waals surface area contributed by atoms with Crippen LogP contribution < -0.4 is 5.32 Å². The maximum Gasteiger partial charge on any atom is 0.102 e. The summed E-state index contributed by atoms with van der Waals surface area (Å²) < 4.78 is 5.18. The third-order valence-electron chi connectivity index (χ3n) is 2.99. The van der Waals surface area contributed by atoms with Crippen LogP contribution >= 0.6 is 0 Å². The molecule has 1 rings (SSSR count). The quantitative estimate of drug-likeness (QED) is 0.606. The van der Waals surface area contributed by atoms with E-state index in [9.17, 15) is 5.11 Å². The Balaban J connectivity index is 1.88. The Morgan fingerprint density at radius 1 is 1.27 bits per heavy atom. The van der Waals surface area contributed by atoms with Crippen molar-refractivity contribution in [1.29, 1.82) is 0 Å². The molecule has 15 heavy (non-hydrogen) atoms. The zero-order valence-electron chi connectivity index (χ0n) is 9.93. The molecule has 3 heteroatoms. The van der Waals surface area contributed by atoms with E-state index in [-0.39, 0.29) is 0 Å². The maximum absolute atomic E-state index is 9.94. The van der Waals surface area contributed by atoms with Crippen LogP contribution in [0.4, 0.5) is 0 Å². The highest BCUT2D eigenvalue weighted by Crippen LogP contribution is 2.16. The molecule has 0 bridgehead atoms. The maximum atomic E-state index is 9.94. The highest BCUT2D eigenvalue weighted by Gasteiger charge is 2.31. The van der Waals surface area contributed by atoms with E-state index in [4.69, 9.17) is 4.74 Å². The molecule has 2 N–H and O–H groups in total. The van der Waals surface area contributed by atoms with Gasteiger partial charge < -0.3 is 15.2 Å². The number of hydrogen-bond donors (Lipinski definition) is 2. The molecule has 0 aromatic carbocycles. The highest BCUT2D eigenvalue weighted by atomic mass is 16.5. The van der Waals surface area contributed by atoms with Crippen LogP contribution in [0.2, 0.25) is 0 Å². The van der Waals surface area contributed by atoms with Crippen LogP contribution in [0, 0.1) is 0 Å². The Bertz CT molecular complexity index is 156. The number of rotatable bonds is 8. The van der Waals surface area contributed by atoms with Crippen LogP contribution in [0.5, 0.6) is 0 Å². The second-order valence-corrected chi connectivity index (χ2v) is 4.62. The lowest BCUT2D eigenvalue weighted by molar-refractivity contribution is 0.0272. The van der Waals surface area contributed by atoms with E-state index in [0.717, 1.165) is 13.0 Å². The summed E-state index contributed by atoms with van der Waals surface area (Å²) in [5.41, 5.74) is -0.594. The Hall–Kier alpha value is -0.120. The molecule has 3 nitrogen and oxygen atoms in total. The largest absolute Gasteiger partial charge is 0.386 e. The smallest absolute Gasteiger partial charge is 0.102 e. The second kappa shape index (κ2) is 7.20. The number of aliphatic hydroxyl groups is 1. The monoisotopic (exact) mass is 215 g/mol. The van der Waals surface area contributed by atoms with Crippen molar-refractivity contribution in [1.82, 2.24) is 5.32 Å². The zero-order valence-corrected chi connectivity index (χ0v) is 9.93. The fraction of sp³-hybridized carbons (Fsp3) is 1.00. The fourth-order valence-corrected chi connectivity index (χ4v) is 1.91. The number of ether oxygens (including phenoxy) is 1. The molecule has 1 aliphatic heterocycles.